The van der Waals surface area contributed by atoms with Crippen molar-refractivity contribution in [3.05, 3.63) is 22.4 Å². The summed E-state index contributed by atoms with van der Waals surface area (Å²) in [6.07, 6.45) is 0. The summed E-state index contributed by atoms with van der Waals surface area (Å²) in [4.78, 5) is 12.4. The summed E-state index contributed by atoms with van der Waals surface area (Å²) in [6, 6.07) is 3.32. The highest BCUT2D eigenvalue weighted by atomic mass is 32.1. The van der Waals surface area contributed by atoms with Gasteiger partial charge in [-0.15, -0.1) is 11.3 Å². The van der Waals surface area contributed by atoms with Crippen LogP contribution in [-0.2, 0) is 0 Å². The molecule has 0 aliphatic carbocycles. The van der Waals surface area contributed by atoms with Crippen LogP contribution in [0.15, 0.2) is 17.5 Å². The van der Waals surface area contributed by atoms with Crippen LogP contribution in [0.2, 0.25) is 0 Å². The van der Waals surface area contributed by atoms with Gasteiger partial charge >= 0.3 is 0 Å². The van der Waals surface area contributed by atoms with Crippen molar-refractivity contribution in [1.29, 1.82) is 0 Å². The number of carbonyl (C=O) groups is 1. The molecule has 1 aromatic heterocycles. The molecule has 3 nitrogen and oxygen atoms in total. The fourth-order valence-electron chi connectivity index (χ4n) is 0.747. The fraction of sp³-hybridized carbons (Fsp3) is 0.250. The van der Waals surface area contributed by atoms with Gasteiger partial charge in [0.15, 0.2) is 0 Å². The van der Waals surface area contributed by atoms with Gasteiger partial charge in [-0.1, -0.05) is 18.3 Å². The van der Waals surface area contributed by atoms with E-state index in [0.29, 0.717) is 9.87 Å². The van der Waals surface area contributed by atoms with Crippen LogP contribution in [0, 0.1) is 0 Å². The van der Waals surface area contributed by atoms with E-state index < -0.39 is 0 Å². The van der Waals surface area contributed by atoms with Crippen LogP contribution >= 0.6 is 23.6 Å². The predicted octanol–water partition coefficient (Wildman–Crippen LogP) is 1.15. The molecule has 0 aliphatic heterocycles. The second-order valence-corrected chi connectivity index (χ2v) is 3.99. The van der Waals surface area contributed by atoms with Crippen molar-refractivity contribution in [3.63, 3.8) is 0 Å². The van der Waals surface area contributed by atoms with E-state index in [1.165, 1.54) is 11.3 Å². The molecule has 1 atom stereocenters. The van der Waals surface area contributed by atoms with Crippen LogP contribution in [0.1, 0.15) is 16.6 Å². The summed E-state index contributed by atoms with van der Waals surface area (Å²) in [7, 11) is 0. The smallest absolute Gasteiger partial charge is 0.261 e. The molecule has 0 spiro atoms. The summed E-state index contributed by atoms with van der Waals surface area (Å²) in [5.41, 5.74) is 5.36. The average Bonchev–Trinajstić information content (AvgIpc) is 2.55. The summed E-state index contributed by atoms with van der Waals surface area (Å²) >= 11 is 6.12. The summed E-state index contributed by atoms with van der Waals surface area (Å²) in [5, 5.41) is 4.53. The summed E-state index contributed by atoms with van der Waals surface area (Å²) in [5.74, 6) is -0.129. The SMILES string of the molecule is CC(NC(=O)c1cccs1)C(N)=S. The van der Waals surface area contributed by atoms with Crippen LogP contribution < -0.4 is 11.1 Å². The third-order valence-electron chi connectivity index (χ3n) is 1.52. The number of hydrogen-bond acceptors (Lipinski definition) is 3. The Kier molecular flexibility index (Phi) is 3.39. The Bertz CT molecular complexity index is 308. The van der Waals surface area contributed by atoms with Crippen molar-refractivity contribution >= 4 is 34.5 Å². The molecular weight excluding hydrogens is 204 g/mol. The molecule has 3 N–H and O–H groups in total. The average molecular weight is 214 g/mol. The third kappa shape index (κ3) is 2.78. The van der Waals surface area contributed by atoms with E-state index >= 15 is 0 Å². The van der Waals surface area contributed by atoms with Gasteiger partial charge in [0.25, 0.3) is 5.91 Å². The largest absolute Gasteiger partial charge is 0.392 e. The Balaban J connectivity index is 2.56. The molecule has 1 amide bonds. The van der Waals surface area contributed by atoms with E-state index in [1.807, 2.05) is 11.4 Å². The number of hydrogen-bond donors (Lipinski definition) is 2. The van der Waals surface area contributed by atoms with Crippen molar-refractivity contribution in [2.75, 3.05) is 0 Å². The van der Waals surface area contributed by atoms with E-state index in [1.54, 1.807) is 13.0 Å². The van der Waals surface area contributed by atoms with Crippen molar-refractivity contribution in [2.45, 2.75) is 13.0 Å². The van der Waals surface area contributed by atoms with Crippen molar-refractivity contribution in [1.82, 2.24) is 5.32 Å². The molecule has 0 bridgehead atoms. The first-order valence-corrected chi connectivity index (χ1v) is 5.03. The number of thiophene rings is 1. The van der Waals surface area contributed by atoms with Gasteiger partial charge in [-0.3, -0.25) is 4.79 Å². The molecule has 1 rings (SSSR count). The molecular formula is C8H10N2OS2. The van der Waals surface area contributed by atoms with Crippen LogP contribution in [-0.4, -0.2) is 16.9 Å². The van der Waals surface area contributed by atoms with Crippen molar-refractivity contribution in [2.24, 2.45) is 5.73 Å². The van der Waals surface area contributed by atoms with Gasteiger partial charge in [-0.25, -0.2) is 0 Å². The monoisotopic (exact) mass is 214 g/mol. The van der Waals surface area contributed by atoms with E-state index in [0.717, 1.165) is 0 Å². The van der Waals surface area contributed by atoms with Gasteiger partial charge in [0.05, 0.1) is 15.9 Å². The molecule has 5 heteroatoms. The minimum atomic E-state index is -0.260. The van der Waals surface area contributed by atoms with Crippen LogP contribution in [0.4, 0.5) is 0 Å². The molecule has 0 saturated carbocycles. The highest BCUT2D eigenvalue weighted by Gasteiger charge is 2.11. The molecule has 0 fully saturated rings. The van der Waals surface area contributed by atoms with E-state index in [9.17, 15) is 4.79 Å². The zero-order valence-corrected chi connectivity index (χ0v) is 8.74. The van der Waals surface area contributed by atoms with Crippen LogP contribution in [0.3, 0.4) is 0 Å². The number of amides is 1. The standard InChI is InChI=1S/C8H10N2OS2/c1-5(7(9)12)10-8(11)6-3-2-4-13-6/h2-5H,1H3,(H2,9,12)(H,10,11). The summed E-state index contributed by atoms with van der Waals surface area (Å²) < 4.78 is 0. The van der Waals surface area contributed by atoms with Crippen LogP contribution in [0.5, 0.6) is 0 Å². The maximum absolute atomic E-state index is 11.4. The molecule has 13 heavy (non-hydrogen) atoms. The minimum absolute atomic E-state index is 0.129. The third-order valence-corrected chi connectivity index (χ3v) is 2.74. The number of rotatable bonds is 3. The maximum atomic E-state index is 11.4. The Labute approximate surface area is 85.9 Å². The van der Waals surface area contributed by atoms with Gasteiger partial charge in [0.1, 0.15) is 0 Å². The molecule has 1 aromatic rings. The van der Waals surface area contributed by atoms with Crippen molar-refractivity contribution in [3.8, 4) is 0 Å². The molecule has 0 radical (unpaired) electrons. The highest BCUT2D eigenvalue weighted by Crippen LogP contribution is 2.07. The highest BCUT2D eigenvalue weighted by molar-refractivity contribution is 7.80. The quantitative estimate of drug-likeness (QED) is 0.742. The van der Waals surface area contributed by atoms with E-state index in [4.69, 9.17) is 18.0 Å². The zero-order valence-electron chi connectivity index (χ0n) is 7.11. The zero-order chi connectivity index (χ0) is 9.84. The number of nitrogens with two attached hydrogens (primary N) is 1. The van der Waals surface area contributed by atoms with Gasteiger partial charge in [-0.05, 0) is 18.4 Å². The minimum Gasteiger partial charge on any atom is -0.392 e. The van der Waals surface area contributed by atoms with Gasteiger partial charge in [0, 0.05) is 0 Å². The summed E-state index contributed by atoms with van der Waals surface area (Å²) in [6.45, 7) is 1.76. The molecule has 70 valence electrons. The lowest BCUT2D eigenvalue weighted by molar-refractivity contribution is 0.0953. The lowest BCUT2D eigenvalue weighted by Crippen LogP contribution is -2.40. The molecule has 1 heterocycles. The maximum Gasteiger partial charge on any atom is 0.261 e. The first-order chi connectivity index (χ1) is 6.11. The second-order valence-electron chi connectivity index (χ2n) is 2.57. The van der Waals surface area contributed by atoms with Crippen LogP contribution in [0.25, 0.3) is 0 Å². The molecule has 1 unspecified atom stereocenters. The van der Waals surface area contributed by atoms with Gasteiger partial charge < -0.3 is 11.1 Å². The van der Waals surface area contributed by atoms with Crippen molar-refractivity contribution < 1.29 is 4.79 Å². The Morgan fingerprint density at radius 3 is 2.92 bits per heavy atom. The van der Waals surface area contributed by atoms with E-state index in [2.05, 4.69) is 5.32 Å². The topological polar surface area (TPSA) is 55.1 Å². The number of thiocarbonyl (C=S) groups is 1. The first kappa shape index (κ1) is 10.1. The molecule has 0 saturated heterocycles. The molecule has 0 aliphatic rings. The van der Waals surface area contributed by atoms with Gasteiger partial charge in [-0.2, -0.15) is 0 Å². The second kappa shape index (κ2) is 4.34. The lowest BCUT2D eigenvalue weighted by Gasteiger charge is -2.10. The Hall–Kier alpha value is -0.940. The lowest BCUT2D eigenvalue weighted by atomic mass is 10.3. The fourth-order valence-corrected chi connectivity index (χ4v) is 1.43. The number of carbonyl (C=O) groups excluding carboxylic acids is 1. The van der Waals surface area contributed by atoms with Gasteiger partial charge in [0.2, 0.25) is 0 Å². The van der Waals surface area contributed by atoms with E-state index in [-0.39, 0.29) is 11.9 Å². The first-order valence-electron chi connectivity index (χ1n) is 3.75. The number of nitrogens with one attached hydrogen (secondary N) is 1. The molecule has 0 aromatic carbocycles. The Morgan fingerprint density at radius 2 is 2.46 bits per heavy atom. The Morgan fingerprint density at radius 1 is 1.77 bits per heavy atom. The predicted molar refractivity (Wildman–Crippen MR) is 58.0 cm³/mol. The normalized spacial score (nSPS) is 12.1.